The highest BCUT2D eigenvalue weighted by Crippen LogP contribution is 2.29. The molecule has 5 heterocycles. The first-order valence-electron chi connectivity index (χ1n) is 9.63. The van der Waals surface area contributed by atoms with Crippen LogP contribution >= 0.6 is 0 Å². The van der Waals surface area contributed by atoms with E-state index in [1.807, 2.05) is 21.5 Å². The average molecular weight is 382 g/mol. The first kappa shape index (κ1) is 17.0. The lowest BCUT2D eigenvalue weighted by molar-refractivity contribution is 0.473. The zero-order chi connectivity index (χ0) is 19.3. The number of nitrogens with zero attached hydrogens (tertiary/aromatic N) is 7. The summed E-state index contributed by atoms with van der Waals surface area (Å²) in [5, 5.41) is 13.4. The second-order valence-corrected chi connectivity index (χ2v) is 7.48. The molecule has 10 heteroatoms. The van der Waals surface area contributed by atoms with Crippen LogP contribution in [0, 0.1) is 0 Å². The maximum atomic E-state index is 11.9. The number of rotatable bonds is 3. The summed E-state index contributed by atoms with van der Waals surface area (Å²) in [6, 6.07) is 5.45. The van der Waals surface area contributed by atoms with Crippen molar-refractivity contribution >= 4 is 17.3 Å². The Morgan fingerprint density at radius 3 is 2.50 bits per heavy atom. The van der Waals surface area contributed by atoms with Crippen LogP contribution in [-0.4, -0.2) is 55.5 Å². The van der Waals surface area contributed by atoms with Gasteiger partial charge >= 0.3 is 5.69 Å². The second-order valence-electron chi connectivity index (χ2n) is 7.48. The molecule has 3 aromatic heterocycles. The van der Waals surface area contributed by atoms with E-state index in [2.05, 4.69) is 20.1 Å². The van der Waals surface area contributed by atoms with Gasteiger partial charge in [-0.2, -0.15) is 4.52 Å². The van der Waals surface area contributed by atoms with Crippen LogP contribution < -0.4 is 21.0 Å². The Bertz CT molecular complexity index is 1100. The molecule has 0 atom stereocenters. The predicted octanol–water partition coefficient (Wildman–Crippen LogP) is 0.105. The van der Waals surface area contributed by atoms with E-state index in [1.165, 1.54) is 19.5 Å². The predicted molar refractivity (Wildman–Crippen MR) is 104 cm³/mol. The highest BCUT2D eigenvalue weighted by Gasteiger charge is 2.26. The number of fused-ring (bicyclic) bond motifs is 1. The average Bonchev–Trinajstić information content (AvgIpc) is 3.08. The molecule has 146 valence electrons. The van der Waals surface area contributed by atoms with Gasteiger partial charge in [0.15, 0.2) is 11.5 Å². The molecule has 3 aromatic rings. The van der Waals surface area contributed by atoms with Crippen molar-refractivity contribution in [3.8, 4) is 0 Å². The first-order valence-corrected chi connectivity index (χ1v) is 9.63. The van der Waals surface area contributed by atoms with Gasteiger partial charge in [-0.15, -0.1) is 15.3 Å². The smallest absolute Gasteiger partial charge is 0.329 e. The highest BCUT2D eigenvalue weighted by molar-refractivity contribution is 5.47. The van der Waals surface area contributed by atoms with E-state index < -0.39 is 5.69 Å². The van der Waals surface area contributed by atoms with E-state index in [-0.39, 0.29) is 11.5 Å². The van der Waals surface area contributed by atoms with E-state index in [0.717, 1.165) is 60.9 Å². The van der Waals surface area contributed by atoms with Gasteiger partial charge in [0, 0.05) is 45.2 Å². The third-order valence-electron chi connectivity index (χ3n) is 5.78. The minimum Gasteiger partial charge on any atom is -0.358 e. The van der Waals surface area contributed by atoms with Crippen molar-refractivity contribution in [3.63, 3.8) is 0 Å². The van der Waals surface area contributed by atoms with Crippen LogP contribution in [0.4, 0.5) is 11.6 Å². The Hall–Kier alpha value is -3.17. The zero-order valence-corrected chi connectivity index (χ0v) is 15.7. The Kier molecular flexibility index (Phi) is 3.92. The number of anilines is 2. The molecule has 0 bridgehead atoms. The lowest BCUT2D eigenvalue weighted by Crippen LogP contribution is -2.39. The molecule has 2 aliphatic heterocycles. The summed E-state index contributed by atoms with van der Waals surface area (Å²) >= 11 is 0. The van der Waals surface area contributed by atoms with Gasteiger partial charge in [0.1, 0.15) is 11.6 Å². The SMILES string of the molecule is Cn1c(=O)cc(N2CCC(c3nnc4ccc(N5CCC5)nn34)CC2)[nH]c1=O. The first-order chi connectivity index (χ1) is 13.6. The van der Waals surface area contributed by atoms with Crippen molar-refractivity contribution in [2.75, 3.05) is 36.0 Å². The van der Waals surface area contributed by atoms with Gasteiger partial charge in [-0.25, -0.2) is 4.79 Å². The molecule has 0 radical (unpaired) electrons. The Morgan fingerprint density at radius 1 is 1.04 bits per heavy atom. The summed E-state index contributed by atoms with van der Waals surface area (Å²) in [4.78, 5) is 30.8. The minimum atomic E-state index is -0.393. The summed E-state index contributed by atoms with van der Waals surface area (Å²) in [5.41, 5.74) is 0.0698. The van der Waals surface area contributed by atoms with Gasteiger partial charge in [-0.1, -0.05) is 0 Å². The Morgan fingerprint density at radius 2 is 1.82 bits per heavy atom. The van der Waals surface area contributed by atoms with Gasteiger partial charge in [0.05, 0.1) is 0 Å². The molecular weight excluding hydrogens is 360 g/mol. The monoisotopic (exact) mass is 382 g/mol. The molecule has 0 unspecified atom stereocenters. The molecule has 2 saturated heterocycles. The minimum absolute atomic E-state index is 0.239. The van der Waals surface area contributed by atoms with E-state index in [4.69, 9.17) is 5.10 Å². The topological polar surface area (TPSA) is 104 Å². The van der Waals surface area contributed by atoms with Crippen LogP contribution in [0.1, 0.15) is 31.0 Å². The molecule has 0 aromatic carbocycles. The maximum Gasteiger partial charge on any atom is 0.329 e. The molecular formula is C18H22N8O2. The van der Waals surface area contributed by atoms with Crippen LogP contribution in [0.3, 0.4) is 0 Å². The van der Waals surface area contributed by atoms with Gasteiger partial charge in [-0.3, -0.25) is 14.3 Å². The van der Waals surface area contributed by atoms with Crippen LogP contribution in [0.15, 0.2) is 27.8 Å². The number of nitrogens with one attached hydrogen (secondary N) is 1. The lowest BCUT2D eigenvalue weighted by atomic mass is 9.96. The standard InChI is InChI=1S/C18H22N8O2/c1-23-16(27)11-15(19-18(23)28)25-9-5-12(6-10-25)17-21-20-13-3-4-14(22-26(13)17)24-7-2-8-24/h3-4,11-12H,2,5-10H2,1H3,(H,19,28). The van der Waals surface area contributed by atoms with Gasteiger partial charge in [0.2, 0.25) is 0 Å². The summed E-state index contributed by atoms with van der Waals surface area (Å²) < 4.78 is 2.94. The second kappa shape index (κ2) is 6.47. The molecule has 1 N–H and O–H groups in total. The van der Waals surface area contributed by atoms with Crippen molar-refractivity contribution in [2.24, 2.45) is 7.05 Å². The molecule has 28 heavy (non-hydrogen) atoms. The fraction of sp³-hybridized carbons (Fsp3) is 0.500. The largest absolute Gasteiger partial charge is 0.358 e. The van der Waals surface area contributed by atoms with Gasteiger partial charge in [0.25, 0.3) is 5.56 Å². The third-order valence-corrected chi connectivity index (χ3v) is 5.78. The molecule has 0 saturated carbocycles. The van der Waals surface area contributed by atoms with Crippen LogP contribution in [-0.2, 0) is 7.05 Å². The molecule has 0 aliphatic carbocycles. The third kappa shape index (κ3) is 2.76. The maximum absolute atomic E-state index is 11.9. The number of aromatic amines is 1. The summed E-state index contributed by atoms with van der Waals surface area (Å²) in [6.07, 6.45) is 2.92. The fourth-order valence-corrected chi connectivity index (χ4v) is 3.86. The number of aromatic nitrogens is 6. The van der Waals surface area contributed by atoms with Crippen molar-refractivity contribution < 1.29 is 0 Å². The molecule has 0 amide bonds. The molecule has 5 rings (SSSR count). The van der Waals surface area contributed by atoms with E-state index in [1.54, 1.807) is 0 Å². The summed E-state index contributed by atoms with van der Waals surface area (Å²) in [7, 11) is 1.47. The van der Waals surface area contributed by atoms with Crippen LogP contribution in [0.2, 0.25) is 0 Å². The van der Waals surface area contributed by atoms with Crippen molar-refractivity contribution in [2.45, 2.75) is 25.2 Å². The number of H-pyrrole nitrogens is 1. The Balaban J connectivity index is 1.37. The molecule has 10 nitrogen and oxygen atoms in total. The molecule has 0 spiro atoms. The normalized spacial score (nSPS) is 17.9. The quantitative estimate of drug-likeness (QED) is 0.685. The van der Waals surface area contributed by atoms with Crippen LogP contribution in [0.5, 0.6) is 0 Å². The fourth-order valence-electron chi connectivity index (χ4n) is 3.86. The van der Waals surface area contributed by atoms with E-state index in [0.29, 0.717) is 5.82 Å². The summed E-state index contributed by atoms with van der Waals surface area (Å²) in [6.45, 7) is 3.55. The summed E-state index contributed by atoms with van der Waals surface area (Å²) in [5.74, 6) is 2.67. The van der Waals surface area contributed by atoms with E-state index in [9.17, 15) is 9.59 Å². The van der Waals surface area contributed by atoms with Crippen molar-refractivity contribution in [1.29, 1.82) is 0 Å². The van der Waals surface area contributed by atoms with Gasteiger partial charge in [-0.05, 0) is 31.4 Å². The molecule has 2 aliphatic rings. The molecule has 2 fully saturated rings. The van der Waals surface area contributed by atoms with E-state index >= 15 is 0 Å². The van der Waals surface area contributed by atoms with Crippen molar-refractivity contribution in [1.82, 2.24) is 29.4 Å². The van der Waals surface area contributed by atoms with Gasteiger partial charge < -0.3 is 9.80 Å². The zero-order valence-electron chi connectivity index (χ0n) is 15.7. The number of hydrogen-bond acceptors (Lipinski definition) is 7. The Labute approximate surface area is 160 Å². The highest BCUT2D eigenvalue weighted by atomic mass is 16.2. The van der Waals surface area contributed by atoms with Crippen molar-refractivity contribution in [3.05, 3.63) is 44.9 Å². The number of hydrogen-bond donors (Lipinski definition) is 1. The van der Waals surface area contributed by atoms with Crippen LogP contribution in [0.25, 0.3) is 5.65 Å². The number of piperidine rings is 1. The lowest BCUT2D eigenvalue weighted by Gasteiger charge is -2.33.